The SMILES string of the molecule is CC1(C)CN(c2ccc(Cl)c(F)c2)c2ccc(C(=O)N3CCN(c4nc(C(=O)N5CCOCC5)cs4)CC3(C)C)nc21. The van der Waals surface area contributed by atoms with Gasteiger partial charge < -0.3 is 24.3 Å². The van der Waals surface area contributed by atoms with E-state index in [2.05, 4.69) is 23.7 Å². The summed E-state index contributed by atoms with van der Waals surface area (Å²) in [6, 6.07) is 8.44. The van der Waals surface area contributed by atoms with Gasteiger partial charge in [-0.25, -0.2) is 14.4 Å². The molecule has 222 valence electrons. The number of amides is 2. The van der Waals surface area contributed by atoms with Gasteiger partial charge in [-0.15, -0.1) is 11.3 Å². The number of fused-ring (bicyclic) bond motifs is 1. The molecule has 2 aromatic heterocycles. The van der Waals surface area contributed by atoms with Crippen molar-refractivity contribution in [1.29, 1.82) is 0 Å². The van der Waals surface area contributed by atoms with Gasteiger partial charge in [-0.3, -0.25) is 9.59 Å². The molecule has 9 nitrogen and oxygen atoms in total. The average Bonchev–Trinajstić information content (AvgIpc) is 3.56. The van der Waals surface area contributed by atoms with Crippen molar-refractivity contribution in [2.45, 2.75) is 38.6 Å². The molecule has 0 atom stereocenters. The van der Waals surface area contributed by atoms with E-state index in [1.54, 1.807) is 23.1 Å². The number of hydrogen-bond acceptors (Lipinski definition) is 8. The van der Waals surface area contributed by atoms with Crippen LogP contribution in [0.3, 0.4) is 0 Å². The monoisotopic (exact) mass is 612 g/mol. The molecular weight excluding hydrogens is 579 g/mol. The van der Waals surface area contributed by atoms with Crippen LogP contribution in [0.5, 0.6) is 0 Å². The fourth-order valence-electron chi connectivity index (χ4n) is 5.99. The lowest BCUT2D eigenvalue weighted by Gasteiger charge is -2.47. The Hall–Kier alpha value is -3.28. The Morgan fingerprint density at radius 2 is 1.71 bits per heavy atom. The molecule has 0 unspecified atom stereocenters. The minimum Gasteiger partial charge on any atom is -0.378 e. The first kappa shape index (κ1) is 28.8. The van der Waals surface area contributed by atoms with Gasteiger partial charge in [0, 0.05) is 55.8 Å². The summed E-state index contributed by atoms with van der Waals surface area (Å²) in [6.45, 7) is 12.7. The zero-order valence-electron chi connectivity index (χ0n) is 24.2. The van der Waals surface area contributed by atoms with E-state index in [1.807, 2.05) is 35.1 Å². The van der Waals surface area contributed by atoms with Crippen molar-refractivity contribution in [2.24, 2.45) is 0 Å². The van der Waals surface area contributed by atoms with Gasteiger partial charge in [0.1, 0.15) is 17.2 Å². The smallest absolute Gasteiger partial charge is 0.273 e. The number of halogens is 2. The number of rotatable bonds is 4. The van der Waals surface area contributed by atoms with Crippen molar-refractivity contribution < 1.29 is 18.7 Å². The number of anilines is 3. The highest BCUT2D eigenvalue weighted by atomic mass is 35.5. The molecule has 2 amide bonds. The first-order chi connectivity index (χ1) is 19.9. The predicted octanol–water partition coefficient (Wildman–Crippen LogP) is 4.97. The van der Waals surface area contributed by atoms with Crippen LogP contribution in [0.4, 0.5) is 20.9 Å². The number of benzene rings is 1. The number of pyridine rings is 1. The van der Waals surface area contributed by atoms with Crippen LogP contribution < -0.4 is 9.80 Å². The molecule has 3 aromatic rings. The fourth-order valence-corrected chi connectivity index (χ4v) is 6.94. The number of carbonyl (C=O) groups is 2. The van der Waals surface area contributed by atoms with Gasteiger partial charge in [-0.05, 0) is 44.2 Å². The lowest BCUT2D eigenvalue weighted by molar-refractivity contribution is 0.0299. The summed E-state index contributed by atoms with van der Waals surface area (Å²) in [5.74, 6) is -0.671. The molecular formula is C30H34ClFN6O3S. The summed E-state index contributed by atoms with van der Waals surface area (Å²) in [5, 5.41) is 2.68. The van der Waals surface area contributed by atoms with Gasteiger partial charge in [0.05, 0.1) is 35.2 Å². The van der Waals surface area contributed by atoms with E-state index in [0.29, 0.717) is 69.6 Å². The second-order valence-corrected chi connectivity index (χ2v) is 13.5. The Morgan fingerprint density at radius 3 is 2.43 bits per heavy atom. The van der Waals surface area contributed by atoms with E-state index in [4.69, 9.17) is 21.3 Å². The molecule has 0 spiro atoms. The molecule has 5 heterocycles. The van der Waals surface area contributed by atoms with Crippen molar-refractivity contribution in [1.82, 2.24) is 19.8 Å². The Bertz CT molecular complexity index is 1540. The maximum Gasteiger partial charge on any atom is 0.273 e. The first-order valence-electron chi connectivity index (χ1n) is 14.1. The number of carbonyl (C=O) groups excluding carboxylic acids is 2. The van der Waals surface area contributed by atoms with Crippen LogP contribution in [0, 0.1) is 5.82 Å². The number of thiazole rings is 1. The summed E-state index contributed by atoms with van der Waals surface area (Å²) >= 11 is 7.36. The second-order valence-electron chi connectivity index (χ2n) is 12.2. The molecule has 2 saturated heterocycles. The van der Waals surface area contributed by atoms with Crippen molar-refractivity contribution in [2.75, 3.05) is 62.3 Å². The maximum atomic E-state index is 14.2. The third-order valence-electron chi connectivity index (χ3n) is 8.22. The summed E-state index contributed by atoms with van der Waals surface area (Å²) in [5.41, 5.74) is 2.34. The van der Waals surface area contributed by atoms with E-state index in [0.717, 1.165) is 16.5 Å². The van der Waals surface area contributed by atoms with Crippen LogP contribution in [0.2, 0.25) is 5.02 Å². The van der Waals surface area contributed by atoms with E-state index in [-0.39, 0.29) is 22.3 Å². The van der Waals surface area contributed by atoms with Crippen LogP contribution in [-0.4, -0.2) is 89.6 Å². The van der Waals surface area contributed by atoms with Crippen molar-refractivity contribution in [3.05, 3.63) is 63.6 Å². The highest BCUT2D eigenvalue weighted by molar-refractivity contribution is 7.13. The number of morpholine rings is 1. The quantitative estimate of drug-likeness (QED) is 0.411. The summed E-state index contributed by atoms with van der Waals surface area (Å²) in [6.07, 6.45) is 0. The molecule has 2 fully saturated rings. The molecule has 42 heavy (non-hydrogen) atoms. The predicted molar refractivity (Wildman–Crippen MR) is 162 cm³/mol. The zero-order valence-corrected chi connectivity index (χ0v) is 25.8. The van der Waals surface area contributed by atoms with Crippen LogP contribution in [0.25, 0.3) is 0 Å². The Balaban J connectivity index is 1.18. The number of nitrogens with zero attached hydrogens (tertiary/aromatic N) is 6. The maximum absolute atomic E-state index is 14.2. The Morgan fingerprint density at radius 1 is 0.952 bits per heavy atom. The van der Waals surface area contributed by atoms with Gasteiger partial charge in [0.2, 0.25) is 0 Å². The van der Waals surface area contributed by atoms with E-state index >= 15 is 0 Å². The summed E-state index contributed by atoms with van der Waals surface area (Å²) in [4.78, 5) is 44.1. The summed E-state index contributed by atoms with van der Waals surface area (Å²) < 4.78 is 19.6. The lowest BCUT2D eigenvalue weighted by Crippen LogP contribution is -2.61. The largest absolute Gasteiger partial charge is 0.378 e. The van der Waals surface area contributed by atoms with Crippen molar-refractivity contribution in [3.63, 3.8) is 0 Å². The molecule has 0 N–H and O–H groups in total. The molecule has 12 heteroatoms. The van der Waals surface area contributed by atoms with Gasteiger partial charge in [-0.2, -0.15) is 0 Å². The highest BCUT2D eigenvalue weighted by Gasteiger charge is 2.41. The van der Waals surface area contributed by atoms with E-state index < -0.39 is 11.4 Å². The Labute approximate surface area is 253 Å². The number of aromatic nitrogens is 2. The molecule has 0 bridgehead atoms. The van der Waals surface area contributed by atoms with Crippen LogP contribution in [0.1, 0.15) is 54.4 Å². The normalized spacial score (nSPS) is 19.7. The highest BCUT2D eigenvalue weighted by Crippen LogP contribution is 2.44. The van der Waals surface area contributed by atoms with Crippen molar-refractivity contribution in [3.8, 4) is 0 Å². The molecule has 3 aliphatic heterocycles. The third-order valence-corrected chi connectivity index (χ3v) is 9.43. The van der Waals surface area contributed by atoms with Crippen LogP contribution in [0.15, 0.2) is 35.7 Å². The van der Waals surface area contributed by atoms with Gasteiger partial charge in [0.25, 0.3) is 11.8 Å². The van der Waals surface area contributed by atoms with Crippen molar-refractivity contribution >= 4 is 51.3 Å². The molecule has 0 aliphatic carbocycles. The number of hydrogen-bond donors (Lipinski definition) is 0. The molecule has 6 rings (SSSR count). The van der Waals surface area contributed by atoms with Crippen LogP contribution >= 0.6 is 22.9 Å². The minimum absolute atomic E-state index is 0.0701. The second kappa shape index (κ2) is 10.8. The van der Waals surface area contributed by atoms with Gasteiger partial charge >= 0.3 is 0 Å². The molecule has 0 saturated carbocycles. The topological polar surface area (TPSA) is 82.1 Å². The third kappa shape index (κ3) is 5.22. The van der Waals surface area contributed by atoms with Gasteiger partial charge in [-0.1, -0.05) is 25.4 Å². The summed E-state index contributed by atoms with van der Waals surface area (Å²) in [7, 11) is 0. The Kier molecular flexibility index (Phi) is 7.39. The number of piperazine rings is 1. The standard InChI is InChI=1S/C30H34ClFN6O3S/c1-29(2)17-37(19-5-6-20(31)21(32)15-19)24-8-7-22(33-25(24)29)27(40)38-10-9-36(18-30(38,3)4)28-34-23(16-42-28)26(39)35-11-13-41-14-12-35/h5-8,15-16H,9-14,17-18H2,1-4H3. The van der Waals surface area contributed by atoms with Crippen LogP contribution in [-0.2, 0) is 10.2 Å². The molecule has 3 aliphatic rings. The van der Waals surface area contributed by atoms with Gasteiger partial charge in [0.15, 0.2) is 5.13 Å². The van der Waals surface area contributed by atoms with E-state index in [1.165, 1.54) is 17.4 Å². The minimum atomic E-state index is -0.502. The zero-order chi connectivity index (χ0) is 29.8. The van der Waals surface area contributed by atoms with E-state index in [9.17, 15) is 14.0 Å². The lowest BCUT2D eigenvalue weighted by atomic mass is 9.91. The first-order valence-corrected chi connectivity index (χ1v) is 15.3. The molecule has 1 aromatic carbocycles. The number of ether oxygens (including phenoxy) is 1. The average molecular weight is 613 g/mol. The molecule has 0 radical (unpaired) electrons. The fraction of sp³-hybridized carbons (Fsp3) is 0.467.